The van der Waals surface area contributed by atoms with E-state index in [0.29, 0.717) is 5.69 Å². The van der Waals surface area contributed by atoms with Crippen molar-refractivity contribution in [3.8, 4) is 0 Å². The lowest BCUT2D eigenvalue weighted by Gasteiger charge is -2.02. The average molecular weight is 224 g/mol. The number of nitrogens with zero attached hydrogens (tertiary/aromatic N) is 3. The maximum Gasteiger partial charge on any atom is 0.223 e. The van der Waals surface area contributed by atoms with Crippen molar-refractivity contribution in [2.45, 2.75) is 52.5 Å². The van der Waals surface area contributed by atoms with Gasteiger partial charge in [0.15, 0.2) is 0 Å². The van der Waals surface area contributed by atoms with Gasteiger partial charge in [-0.05, 0) is 13.3 Å². The van der Waals surface area contributed by atoms with E-state index in [1.54, 1.807) is 0 Å². The predicted octanol–water partition coefficient (Wildman–Crippen LogP) is 1.19. The molecule has 0 saturated heterocycles. The highest BCUT2D eigenvalue weighted by atomic mass is 16.1. The Bertz CT molecular complexity index is 346. The first-order chi connectivity index (χ1) is 7.65. The number of aromatic nitrogens is 3. The lowest BCUT2D eigenvalue weighted by molar-refractivity contribution is -0.117. The highest BCUT2D eigenvalue weighted by Crippen LogP contribution is 2.07. The fourth-order valence-corrected chi connectivity index (χ4v) is 1.63. The lowest BCUT2D eigenvalue weighted by atomic mass is 10.2. The van der Waals surface area contributed by atoms with Crippen molar-refractivity contribution in [3.63, 3.8) is 0 Å². The summed E-state index contributed by atoms with van der Waals surface area (Å²) in [6.45, 7) is 4.99. The summed E-state index contributed by atoms with van der Waals surface area (Å²) in [5.41, 5.74) is 6.78. The Kier molecular flexibility index (Phi) is 4.95. The molecule has 5 nitrogen and oxygen atoms in total. The summed E-state index contributed by atoms with van der Waals surface area (Å²) in [5.74, 6) is -0.360. The number of primary amides is 1. The number of nitrogens with two attached hydrogens (primary N) is 1. The smallest absolute Gasteiger partial charge is 0.223 e. The van der Waals surface area contributed by atoms with E-state index in [4.69, 9.17) is 5.73 Å². The van der Waals surface area contributed by atoms with Crippen molar-refractivity contribution in [2.75, 3.05) is 0 Å². The van der Waals surface area contributed by atoms with Gasteiger partial charge in [-0.15, -0.1) is 5.10 Å². The predicted molar refractivity (Wildman–Crippen MR) is 61.8 cm³/mol. The molecule has 90 valence electrons. The number of carbonyl (C=O) groups is 1. The van der Waals surface area contributed by atoms with Crippen LogP contribution in [0.3, 0.4) is 0 Å². The molecule has 0 radical (unpaired) electrons. The summed E-state index contributed by atoms with van der Waals surface area (Å²) in [7, 11) is 0. The van der Waals surface area contributed by atoms with Gasteiger partial charge < -0.3 is 5.73 Å². The van der Waals surface area contributed by atoms with Crippen molar-refractivity contribution in [2.24, 2.45) is 5.73 Å². The van der Waals surface area contributed by atoms with Crippen LogP contribution in [0.2, 0.25) is 0 Å². The maximum atomic E-state index is 10.8. The van der Waals surface area contributed by atoms with Crippen molar-refractivity contribution in [1.29, 1.82) is 0 Å². The Balaban J connectivity index is 2.48. The van der Waals surface area contributed by atoms with Crippen molar-refractivity contribution >= 4 is 5.91 Å². The van der Waals surface area contributed by atoms with E-state index < -0.39 is 0 Å². The second-order valence-electron chi connectivity index (χ2n) is 4.05. The molecule has 2 N–H and O–H groups in total. The molecule has 0 fully saturated rings. The van der Waals surface area contributed by atoms with E-state index in [0.717, 1.165) is 18.7 Å². The molecule has 1 amide bonds. The summed E-state index contributed by atoms with van der Waals surface area (Å²) in [5, 5.41) is 7.99. The average Bonchev–Trinajstić information content (AvgIpc) is 2.56. The molecule has 1 rings (SSSR count). The van der Waals surface area contributed by atoms with Gasteiger partial charge in [-0.25, -0.2) is 4.68 Å². The van der Waals surface area contributed by atoms with Crippen LogP contribution in [0.15, 0.2) is 0 Å². The van der Waals surface area contributed by atoms with Crippen LogP contribution in [-0.4, -0.2) is 20.9 Å². The number of unbranched alkanes of at least 4 members (excludes halogenated alkanes) is 3. The largest absolute Gasteiger partial charge is 0.369 e. The summed E-state index contributed by atoms with van der Waals surface area (Å²) >= 11 is 0. The van der Waals surface area contributed by atoms with Gasteiger partial charge in [0.25, 0.3) is 0 Å². The first kappa shape index (κ1) is 12.7. The van der Waals surface area contributed by atoms with Crippen LogP contribution >= 0.6 is 0 Å². The molecule has 0 atom stereocenters. The zero-order chi connectivity index (χ0) is 12.0. The fraction of sp³-hybridized carbons (Fsp3) is 0.727. The molecule has 0 bridgehead atoms. The van der Waals surface area contributed by atoms with Gasteiger partial charge in [0, 0.05) is 6.54 Å². The third-order valence-electron chi connectivity index (χ3n) is 2.64. The quantitative estimate of drug-likeness (QED) is 0.707. The molecule has 0 saturated carbocycles. The summed E-state index contributed by atoms with van der Waals surface area (Å²) in [6, 6.07) is 0. The molecular formula is C11H20N4O. The Morgan fingerprint density at radius 2 is 2.12 bits per heavy atom. The molecule has 0 aromatic carbocycles. The van der Waals surface area contributed by atoms with Crippen LogP contribution < -0.4 is 5.73 Å². The molecule has 0 spiro atoms. The molecule has 5 heteroatoms. The minimum Gasteiger partial charge on any atom is -0.369 e. The van der Waals surface area contributed by atoms with Crippen LogP contribution in [-0.2, 0) is 17.8 Å². The highest BCUT2D eigenvalue weighted by Gasteiger charge is 2.10. The number of carbonyl (C=O) groups excluding carboxylic acids is 1. The first-order valence-corrected chi connectivity index (χ1v) is 5.82. The van der Waals surface area contributed by atoms with E-state index in [2.05, 4.69) is 17.2 Å². The van der Waals surface area contributed by atoms with Gasteiger partial charge in [-0.3, -0.25) is 4.79 Å². The van der Waals surface area contributed by atoms with E-state index in [-0.39, 0.29) is 12.3 Å². The highest BCUT2D eigenvalue weighted by molar-refractivity contribution is 5.76. The molecule has 1 aromatic heterocycles. The van der Waals surface area contributed by atoms with Gasteiger partial charge in [0.1, 0.15) is 0 Å². The summed E-state index contributed by atoms with van der Waals surface area (Å²) < 4.78 is 1.86. The number of rotatable bonds is 7. The van der Waals surface area contributed by atoms with Gasteiger partial charge in [-0.1, -0.05) is 31.4 Å². The molecule has 1 heterocycles. The second-order valence-corrected chi connectivity index (χ2v) is 4.05. The molecule has 1 aromatic rings. The molecule has 0 aliphatic heterocycles. The van der Waals surface area contributed by atoms with Crippen molar-refractivity contribution in [1.82, 2.24) is 15.0 Å². The van der Waals surface area contributed by atoms with E-state index >= 15 is 0 Å². The van der Waals surface area contributed by atoms with Crippen LogP contribution in [0, 0.1) is 6.92 Å². The van der Waals surface area contributed by atoms with Crippen LogP contribution in [0.4, 0.5) is 0 Å². The van der Waals surface area contributed by atoms with Crippen molar-refractivity contribution < 1.29 is 4.79 Å². The molecule has 0 unspecified atom stereocenters. The molecule has 0 aliphatic carbocycles. The standard InChI is InChI=1S/C11H20N4O/c1-3-4-5-6-7-15-9(2)10(13-14-15)8-11(12)16/h3-8H2,1-2H3,(H2,12,16). The molecule has 0 aliphatic rings. The van der Waals surface area contributed by atoms with E-state index in [1.807, 2.05) is 11.6 Å². The number of aryl methyl sites for hydroxylation is 1. The number of amides is 1. The third-order valence-corrected chi connectivity index (χ3v) is 2.64. The van der Waals surface area contributed by atoms with Gasteiger partial charge >= 0.3 is 0 Å². The van der Waals surface area contributed by atoms with Gasteiger partial charge in [-0.2, -0.15) is 0 Å². The molecular weight excluding hydrogens is 204 g/mol. The summed E-state index contributed by atoms with van der Waals surface area (Å²) in [6.07, 6.45) is 4.97. The maximum absolute atomic E-state index is 10.8. The second kappa shape index (κ2) is 6.25. The minimum atomic E-state index is -0.360. The Hall–Kier alpha value is -1.39. The third kappa shape index (κ3) is 3.64. The van der Waals surface area contributed by atoms with Gasteiger partial charge in [0.2, 0.25) is 5.91 Å². The number of hydrogen-bond donors (Lipinski definition) is 1. The number of hydrogen-bond acceptors (Lipinski definition) is 3. The Morgan fingerprint density at radius 1 is 1.38 bits per heavy atom. The fourth-order valence-electron chi connectivity index (χ4n) is 1.63. The summed E-state index contributed by atoms with van der Waals surface area (Å²) in [4.78, 5) is 10.8. The Labute approximate surface area is 96.0 Å². The minimum absolute atomic E-state index is 0.181. The zero-order valence-electron chi connectivity index (χ0n) is 10.1. The van der Waals surface area contributed by atoms with E-state index in [1.165, 1.54) is 19.3 Å². The van der Waals surface area contributed by atoms with Crippen molar-refractivity contribution in [3.05, 3.63) is 11.4 Å². The van der Waals surface area contributed by atoms with Crippen LogP contribution in [0.1, 0.15) is 44.0 Å². The van der Waals surface area contributed by atoms with Gasteiger partial charge in [0.05, 0.1) is 17.8 Å². The van der Waals surface area contributed by atoms with Crippen LogP contribution in [0.5, 0.6) is 0 Å². The monoisotopic (exact) mass is 224 g/mol. The molecule has 16 heavy (non-hydrogen) atoms. The zero-order valence-corrected chi connectivity index (χ0v) is 10.1. The normalized spacial score (nSPS) is 10.6. The van der Waals surface area contributed by atoms with Crippen LogP contribution in [0.25, 0.3) is 0 Å². The SMILES string of the molecule is CCCCCCn1nnc(CC(N)=O)c1C. The Morgan fingerprint density at radius 3 is 2.75 bits per heavy atom. The first-order valence-electron chi connectivity index (χ1n) is 5.82. The topological polar surface area (TPSA) is 73.8 Å². The van der Waals surface area contributed by atoms with E-state index in [9.17, 15) is 4.79 Å². The lowest BCUT2D eigenvalue weighted by Crippen LogP contribution is -2.14.